The minimum absolute atomic E-state index is 0.0230. The molecule has 2 aromatic rings. The van der Waals surface area contributed by atoms with Crippen LogP contribution in [0.5, 0.6) is 11.5 Å². The third-order valence-electron chi connectivity index (χ3n) is 5.75. The van der Waals surface area contributed by atoms with Crippen molar-refractivity contribution in [3.05, 3.63) is 54.1 Å². The van der Waals surface area contributed by atoms with Gasteiger partial charge in [0.25, 0.3) is 0 Å². The fourth-order valence-corrected chi connectivity index (χ4v) is 3.64. The highest BCUT2D eigenvalue weighted by molar-refractivity contribution is 5.93. The lowest BCUT2D eigenvalue weighted by Gasteiger charge is -2.37. The van der Waals surface area contributed by atoms with E-state index in [4.69, 9.17) is 20.2 Å². The van der Waals surface area contributed by atoms with Crippen molar-refractivity contribution in [2.75, 3.05) is 51.4 Å². The van der Waals surface area contributed by atoms with Crippen molar-refractivity contribution in [1.82, 2.24) is 9.80 Å². The van der Waals surface area contributed by atoms with E-state index in [1.807, 2.05) is 24.3 Å². The summed E-state index contributed by atoms with van der Waals surface area (Å²) in [6, 6.07) is 16.4. The summed E-state index contributed by atoms with van der Waals surface area (Å²) >= 11 is 0. The predicted molar refractivity (Wildman–Crippen MR) is 125 cm³/mol. The highest BCUT2D eigenvalue weighted by Crippen LogP contribution is 2.32. The van der Waals surface area contributed by atoms with E-state index in [2.05, 4.69) is 53.2 Å². The van der Waals surface area contributed by atoms with Gasteiger partial charge in [-0.25, -0.2) is 0 Å². The zero-order valence-electron chi connectivity index (χ0n) is 18.5. The highest BCUT2D eigenvalue weighted by Gasteiger charge is 2.22. The number of guanidine groups is 1. The average molecular weight is 424 g/mol. The number of para-hydroxylation sites is 1. The second-order valence-corrected chi connectivity index (χ2v) is 8.95. The third kappa shape index (κ3) is 5.68. The van der Waals surface area contributed by atoms with E-state index >= 15 is 0 Å². The average Bonchev–Trinajstić information content (AvgIpc) is 3.26. The first-order valence-electron chi connectivity index (χ1n) is 10.9. The van der Waals surface area contributed by atoms with Crippen LogP contribution in [-0.4, -0.2) is 61.8 Å². The van der Waals surface area contributed by atoms with Gasteiger partial charge < -0.3 is 25.4 Å². The highest BCUT2D eigenvalue weighted by atomic mass is 16.7. The number of aliphatic imine (C=N–C) groups is 1. The number of hydrogen-bond donors (Lipinski definition) is 2. The molecule has 1 fully saturated rings. The summed E-state index contributed by atoms with van der Waals surface area (Å²) in [5.41, 5.74) is 8.20. The van der Waals surface area contributed by atoms with E-state index in [0.29, 0.717) is 19.9 Å². The van der Waals surface area contributed by atoms with Crippen LogP contribution in [0.3, 0.4) is 0 Å². The minimum Gasteiger partial charge on any atom is -0.454 e. The van der Waals surface area contributed by atoms with E-state index in [-0.39, 0.29) is 5.41 Å². The number of benzene rings is 2. The lowest BCUT2D eigenvalue weighted by Crippen LogP contribution is -2.50. The molecule has 0 amide bonds. The van der Waals surface area contributed by atoms with Crippen LogP contribution >= 0.6 is 0 Å². The van der Waals surface area contributed by atoms with Gasteiger partial charge in [0.1, 0.15) is 0 Å². The van der Waals surface area contributed by atoms with Crippen LogP contribution in [0.25, 0.3) is 0 Å². The summed E-state index contributed by atoms with van der Waals surface area (Å²) in [6.07, 6.45) is 0. The second kappa shape index (κ2) is 9.58. The van der Waals surface area contributed by atoms with Gasteiger partial charge >= 0.3 is 0 Å². The van der Waals surface area contributed by atoms with Crippen molar-refractivity contribution in [3.63, 3.8) is 0 Å². The van der Waals surface area contributed by atoms with Crippen LogP contribution in [-0.2, 0) is 6.54 Å². The van der Waals surface area contributed by atoms with Crippen molar-refractivity contribution in [2.24, 2.45) is 16.1 Å². The molecule has 3 N–H and O–H groups in total. The Morgan fingerprint density at radius 1 is 1.03 bits per heavy atom. The Morgan fingerprint density at radius 3 is 2.52 bits per heavy atom. The molecular weight excluding hydrogens is 390 g/mol. The molecule has 31 heavy (non-hydrogen) atoms. The maximum atomic E-state index is 5.92. The van der Waals surface area contributed by atoms with Gasteiger partial charge in [-0.05, 0) is 41.8 Å². The molecule has 0 aromatic heterocycles. The number of nitrogens with zero attached hydrogens (tertiary/aromatic N) is 3. The number of nitrogens with two attached hydrogens (primary N) is 1. The Bertz CT molecular complexity index is 892. The van der Waals surface area contributed by atoms with Crippen LogP contribution < -0.4 is 20.5 Å². The first-order chi connectivity index (χ1) is 15.0. The largest absolute Gasteiger partial charge is 0.454 e. The van der Waals surface area contributed by atoms with E-state index in [1.54, 1.807) is 0 Å². The van der Waals surface area contributed by atoms with Gasteiger partial charge in [0.2, 0.25) is 6.79 Å². The molecule has 0 saturated carbocycles. The van der Waals surface area contributed by atoms with Gasteiger partial charge in [-0.2, -0.15) is 0 Å². The van der Waals surface area contributed by atoms with Crippen LogP contribution in [0.15, 0.2) is 53.5 Å². The van der Waals surface area contributed by atoms with Crippen LogP contribution in [0, 0.1) is 5.41 Å². The molecule has 0 atom stereocenters. The van der Waals surface area contributed by atoms with E-state index in [1.165, 1.54) is 5.56 Å². The lowest BCUT2D eigenvalue weighted by molar-refractivity contribution is 0.172. The molecule has 166 valence electrons. The molecule has 2 aliphatic heterocycles. The molecule has 0 bridgehead atoms. The summed E-state index contributed by atoms with van der Waals surface area (Å²) in [5, 5.41) is 3.52. The lowest BCUT2D eigenvalue weighted by atomic mass is 9.94. The van der Waals surface area contributed by atoms with Crippen LogP contribution in [0.4, 0.5) is 5.69 Å². The standard InChI is InChI=1S/C24H33N5O2/c1-24(2,16-25)17-26-23(27-20-6-4-3-5-7-20)29-12-10-28(11-13-29)15-19-8-9-21-22(14-19)31-18-30-21/h3-9,14H,10-13,15-18,25H2,1-2H3,(H,26,27). The van der Waals surface area contributed by atoms with E-state index < -0.39 is 0 Å². The monoisotopic (exact) mass is 423 g/mol. The zero-order valence-corrected chi connectivity index (χ0v) is 18.5. The molecule has 1 saturated heterocycles. The molecule has 0 unspecified atom stereocenters. The first kappa shape index (κ1) is 21.5. The summed E-state index contributed by atoms with van der Waals surface area (Å²) in [7, 11) is 0. The molecule has 2 heterocycles. The molecule has 0 radical (unpaired) electrons. The first-order valence-corrected chi connectivity index (χ1v) is 10.9. The molecule has 7 heteroatoms. The number of ether oxygens (including phenoxy) is 2. The fraction of sp³-hybridized carbons (Fsp3) is 0.458. The Morgan fingerprint density at radius 2 is 1.77 bits per heavy atom. The number of anilines is 1. The zero-order chi connectivity index (χ0) is 21.7. The van der Waals surface area contributed by atoms with E-state index in [0.717, 1.165) is 55.9 Å². The van der Waals surface area contributed by atoms with Crippen molar-refractivity contribution in [3.8, 4) is 11.5 Å². The quantitative estimate of drug-likeness (QED) is 0.550. The smallest absolute Gasteiger partial charge is 0.231 e. The van der Waals surface area contributed by atoms with Gasteiger partial charge in [0, 0.05) is 45.0 Å². The molecule has 0 spiro atoms. The fourth-order valence-electron chi connectivity index (χ4n) is 3.64. The molecule has 2 aromatic carbocycles. The Labute approximate surface area is 184 Å². The van der Waals surface area contributed by atoms with Gasteiger partial charge in [-0.3, -0.25) is 9.89 Å². The van der Waals surface area contributed by atoms with Gasteiger partial charge in [-0.1, -0.05) is 38.1 Å². The van der Waals surface area contributed by atoms with Gasteiger partial charge in [0.15, 0.2) is 17.5 Å². The van der Waals surface area contributed by atoms with Crippen molar-refractivity contribution >= 4 is 11.6 Å². The van der Waals surface area contributed by atoms with Crippen LogP contribution in [0.1, 0.15) is 19.4 Å². The number of fused-ring (bicyclic) bond motifs is 1. The Hall–Kier alpha value is -2.77. The Kier molecular flexibility index (Phi) is 6.63. The summed E-state index contributed by atoms with van der Waals surface area (Å²) in [4.78, 5) is 9.75. The number of piperazine rings is 1. The third-order valence-corrected chi connectivity index (χ3v) is 5.75. The predicted octanol–water partition coefficient (Wildman–Crippen LogP) is 2.99. The minimum atomic E-state index is -0.0230. The number of nitrogens with one attached hydrogen (secondary N) is 1. The van der Waals surface area contributed by atoms with Crippen molar-refractivity contribution in [2.45, 2.75) is 20.4 Å². The van der Waals surface area contributed by atoms with Gasteiger partial charge in [0.05, 0.1) is 0 Å². The Balaban J connectivity index is 1.38. The molecule has 0 aliphatic carbocycles. The normalized spacial score (nSPS) is 17.1. The maximum absolute atomic E-state index is 5.92. The molecular formula is C24H33N5O2. The topological polar surface area (TPSA) is 75.4 Å². The van der Waals surface area contributed by atoms with E-state index in [9.17, 15) is 0 Å². The molecule has 2 aliphatic rings. The maximum Gasteiger partial charge on any atom is 0.231 e. The van der Waals surface area contributed by atoms with Crippen molar-refractivity contribution < 1.29 is 9.47 Å². The van der Waals surface area contributed by atoms with Crippen molar-refractivity contribution in [1.29, 1.82) is 0 Å². The summed E-state index contributed by atoms with van der Waals surface area (Å²) in [5.74, 6) is 2.61. The van der Waals surface area contributed by atoms with Gasteiger partial charge in [-0.15, -0.1) is 0 Å². The number of rotatable bonds is 6. The summed E-state index contributed by atoms with van der Waals surface area (Å²) in [6.45, 7) is 10.6. The summed E-state index contributed by atoms with van der Waals surface area (Å²) < 4.78 is 10.9. The molecule has 4 rings (SSSR count). The SMILES string of the molecule is CC(C)(CN)CN=C(Nc1ccccc1)N1CCN(Cc2ccc3c(c2)OCO3)CC1. The van der Waals surface area contributed by atoms with Crippen LogP contribution in [0.2, 0.25) is 0 Å². The molecule has 7 nitrogen and oxygen atoms in total. The number of hydrogen-bond acceptors (Lipinski definition) is 5. The second-order valence-electron chi connectivity index (χ2n) is 8.95.